The van der Waals surface area contributed by atoms with Gasteiger partial charge in [0.15, 0.2) is 6.29 Å². The van der Waals surface area contributed by atoms with Crippen LogP contribution in [0.1, 0.15) is 24.4 Å². The van der Waals surface area contributed by atoms with Crippen molar-refractivity contribution in [2.24, 2.45) is 0 Å². The van der Waals surface area contributed by atoms with E-state index in [4.69, 9.17) is 14.2 Å². The normalized spacial score (nSPS) is 16.9. The molecule has 0 radical (unpaired) electrons. The molecule has 1 unspecified atom stereocenters. The molecule has 0 aliphatic heterocycles. The summed E-state index contributed by atoms with van der Waals surface area (Å²) in [6.07, 6.45) is 2.43. The van der Waals surface area contributed by atoms with Crippen molar-refractivity contribution in [2.75, 3.05) is 21.3 Å². The van der Waals surface area contributed by atoms with Gasteiger partial charge in [0.1, 0.15) is 5.75 Å². The molecule has 4 nitrogen and oxygen atoms in total. The van der Waals surface area contributed by atoms with Gasteiger partial charge in [-0.25, -0.2) is 0 Å². The smallest absolute Gasteiger partial charge is 0.176 e. The van der Waals surface area contributed by atoms with Crippen molar-refractivity contribution in [3.8, 4) is 5.75 Å². The lowest BCUT2D eigenvalue weighted by molar-refractivity contribution is -0.123. The Bertz CT molecular complexity index is 375. The van der Waals surface area contributed by atoms with E-state index in [2.05, 4.69) is 5.32 Å². The average Bonchev–Trinajstić information content (AvgIpc) is 3.20. The molecule has 0 heterocycles. The Morgan fingerprint density at radius 1 is 1.22 bits per heavy atom. The fourth-order valence-corrected chi connectivity index (χ4v) is 1.99. The van der Waals surface area contributed by atoms with Crippen LogP contribution in [0.3, 0.4) is 0 Å². The largest absolute Gasteiger partial charge is 0.490 e. The Morgan fingerprint density at radius 3 is 2.50 bits per heavy atom. The molecule has 0 spiro atoms. The zero-order valence-electron chi connectivity index (χ0n) is 11.2. The van der Waals surface area contributed by atoms with Crippen LogP contribution in [0.25, 0.3) is 0 Å². The van der Waals surface area contributed by atoms with Gasteiger partial charge in [0.05, 0.1) is 12.1 Å². The second-order valence-corrected chi connectivity index (χ2v) is 4.50. The minimum atomic E-state index is -0.314. The van der Waals surface area contributed by atoms with E-state index in [-0.39, 0.29) is 12.3 Å². The molecule has 1 fully saturated rings. The summed E-state index contributed by atoms with van der Waals surface area (Å²) in [6, 6.07) is 8.07. The molecule has 0 bridgehead atoms. The first-order valence-corrected chi connectivity index (χ1v) is 6.28. The van der Waals surface area contributed by atoms with Crippen LogP contribution in [-0.2, 0) is 9.47 Å². The number of benzene rings is 1. The van der Waals surface area contributed by atoms with Crippen LogP contribution >= 0.6 is 0 Å². The third kappa shape index (κ3) is 3.22. The Hall–Kier alpha value is -1.10. The molecular formula is C14H21NO3. The van der Waals surface area contributed by atoms with Crippen LogP contribution in [0.15, 0.2) is 24.3 Å². The summed E-state index contributed by atoms with van der Waals surface area (Å²) < 4.78 is 16.4. The van der Waals surface area contributed by atoms with E-state index in [0.717, 1.165) is 11.3 Å². The molecule has 0 amide bonds. The molecule has 1 aliphatic carbocycles. The van der Waals surface area contributed by atoms with Gasteiger partial charge in [-0.1, -0.05) is 12.1 Å². The molecule has 0 saturated heterocycles. The third-order valence-electron chi connectivity index (χ3n) is 3.09. The fourth-order valence-electron chi connectivity index (χ4n) is 1.99. The summed E-state index contributed by atoms with van der Waals surface area (Å²) in [5, 5.41) is 3.21. The third-order valence-corrected chi connectivity index (χ3v) is 3.09. The lowest BCUT2D eigenvalue weighted by Crippen LogP contribution is -2.32. The predicted molar refractivity (Wildman–Crippen MR) is 69.7 cm³/mol. The van der Waals surface area contributed by atoms with Gasteiger partial charge in [0.2, 0.25) is 0 Å². The number of likely N-dealkylation sites (N-methyl/N-ethyl adjacent to an activating group) is 1. The molecule has 2 rings (SSSR count). The van der Waals surface area contributed by atoms with Crippen molar-refractivity contribution in [3.63, 3.8) is 0 Å². The lowest BCUT2D eigenvalue weighted by atomic mass is 10.1. The summed E-state index contributed by atoms with van der Waals surface area (Å²) in [7, 11) is 5.18. The van der Waals surface area contributed by atoms with Crippen molar-refractivity contribution in [3.05, 3.63) is 29.8 Å². The van der Waals surface area contributed by atoms with Crippen molar-refractivity contribution >= 4 is 0 Å². The van der Waals surface area contributed by atoms with E-state index in [1.54, 1.807) is 14.2 Å². The number of ether oxygens (including phenoxy) is 3. The standard InChI is InChI=1S/C14H21NO3/c1-15-13(14(16-2)17-3)10-5-4-6-12(9-10)18-11-7-8-11/h4-6,9,11,13-15H,7-8H2,1-3H3. The molecule has 1 aliphatic rings. The highest BCUT2D eigenvalue weighted by atomic mass is 16.7. The molecule has 1 aromatic carbocycles. The number of rotatable bonds is 7. The summed E-state index contributed by atoms with van der Waals surface area (Å²) in [5.41, 5.74) is 1.10. The Kier molecular flexibility index (Phi) is 4.58. The highest BCUT2D eigenvalue weighted by molar-refractivity contribution is 5.31. The van der Waals surface area contributed by atoms with Crippen molar-refractivity contribution in [1.82, 2.24) is 5.32 Å². The lowest BCUT2D eigenvalue weighted by Gasteiger charge is -2.25. The first kappa shape index (κ1) is 13.3. The number of methoxy groups -OCH3 is 2. The Labute approximate surface area is 108 Å². The molecule has 1 saturated carbocycles. The van der Waals surface area contributed by atoms with Crippen molar-refractivity contribution in [1.29, 1.82) is 0 Å². The molecule has 0 aromatic heterocycles. The van der Waals surface area contributed by atoms with Crippen LogP contribution in [-0.4, -0.2) is 33.7 Å². The fraction of sp³-hybridized carbons (Fsp3) is 0.571. The SMILES string of the molecule is CNC(c1cccc(OC2CC2)c1)C(OC)OC. The van der Waals surface area contributed by atoms with Gasteiger partial charge in [-0.05, 0) is 37.6 Å². The van der Waals surface area contributed by atoms with E-state index in [9.17, 15) is 0 Å². The van der Waals surface area contributed by atoms with Gasteiger partial charge in [-0.2, -0.15) is 0 Å². The molecule has 100 valence electrons. The zero-order valence-corrected chi connectivity index (χ0v) is 11.2. The molecule has 1 aromatic rings. The van der Waals surface area contributed by atoms with E-state index in [0.29, 0.717) is 6.10 Å². The maximum Gasteiger partial charge on any atom is 0.176 e. The van der Waals surface area contributed by atoms with Gasteiger partial charge in [0, 0.05) is 14.2 Å². The highest BCUT2D eigenvalue weighted by Gasteiger charge is 2.25. The minimum absolute atomic E-state index is 0.0113. The molecular weight excluding hydrogens is 230 g/mol. The van der Waals surface area contributed by atoms with Gasteiger partial charge in [-0.3, -0.25) is 0 Å². The number of nitrogens with one attached hydrogen (secondary N) is 1. The summed E-state index contributed by atoms with van der Waals surface area (Å²) in [5.74, 6) is 0.918. The molecule has 18 heavy (non-hydrogen) atoms. The Morgan fingerprint density at radius 2 is 1.94 bits per heavy atom. The second kappa shape index (κ2) is 6.18. The molecule has 1 N–H and O–H groups in total. The quantitative estimate of drug-likeness (QED) is 0.753. The van der Waals surface area contributed by atoms with Crippen molar-refractivity contribution < 1.29 is 14.2 Å². The highest BCUT2D eigenvalue weighted by Crippen LogP contribution is 2.29. The van der Waals surface area contributed by atoms with Gasteiger partial charge < -0.3 is 19.5 Å². The Balaban J connectivity index is 2.13. The first-order valence-electron chi connectivity index (χ1n) is 6.28. The maximum absolute atomic E-state index is 5.80. The number of hydrogen-bond donors (Lipinski definition) is 1. The summed E-state index contributed by atoms with van der Waals surface area (Å²) in [6.45, 7) is 0. The van der Waals surface area contributed by atoms with E-state index in [1.807, 2.05) is 31.3 Å². The summed E-state index contributed by atoms with van der Waals surface area (Å²) >= 11 is 0. The van der Waals surface area contributed by atoms with Crippen LogP contribution in [0.2, 0.25) is 0 Å². The van der Waals surface area contributed by atoms with E-state index < -0.39 is 0 Å². The molecule has 1 atom stereocenters. The predicted octanol–water partition coefficient (Wildman–Crippen LogP) is 2.11. The minimum Gasteiger partial charge on any atom is -0.490 e. The van der Waals surface area contributed by atoms with Crippen molar-refractivity contribution in [2.45, 2.75) is 31.3 Å². The van der Waals surface area contributed by atoms with Crippen LogP contribution in [0.4, 0.5) is 0 Å². The van der Waals surface area contributed by atoms with Crippen LogP contribution in [0.5, 0.6) is 5.75 Å². The van der Waals surface area contributed by atoms with Gasteiger partial charge in [-0.15, -0.1) is 0 Å². The monoisotopic (exact) mass is 251 g/mol. The average molecular weight is 251 g/mol. The zero-order chi connectivity index (χ0) is 13.0. The van der Waals surface area contributed by atoms with Crippen LogP contribution in [0, 0.1) is 0 Å². The van der Waals surface area contributed by atoms with E-state index >= 15 is 0 Å². The topological polar surface area (TPSA) is 39.7 Å². The number of hydrogen-bond acceptors (Lipinski definition) is 4. The molecule has 4 heteroatoms. The van der Waals surface area contributed by atoms with Gasteiger partial charge in [0.25, 0.3) is 0 Å². The maximum atomic E-state index is 5.80. The summed E-state index contributed by atoms with van der Waals surface area (Å²) in [4.78, 5) is 0. The second-order valence-electron chi connectivity index (χ2n) is 4.50. The first-order chi connectivity index (χ1) is 8.78. The van der Waals surface area contributed by atoms with E-state index in [1.165, 1.54) is 12.8 Å². The van der Waals surface area contributed by atoms with Crippen LogP contribution < -0.4 is 10.1 Å². The van der Waals surface area contributed by atoms with Gasteiger partial charge >= 0.3 is 0 Å².